The number of morpholine rings is 1. The zero-order valence-electron chi connectivity index (χ0n) is 16.0. The first-order valence-electron chi connectivity index (χ1n) is 10.3. The highest BCUT2D eigenvalue weighted by molar-refractivity contribution is 4.83. The normalized spacial score (nSPS) is 20.6. The quantitative estimate of drug-likeness (QED) is 0.355. The molecule has 0 spiro atoms. The molecule has 0 radical (unpaired) electrons. The first kappa shape index (κ1) is 21.8. The van der Waals surface area contributed by atoms with Crippen LogP contribution in [0.25, 0.3) is 0 Å². The molecule has 2 nitrogen and oxygen atoms in total. The smallest absolute Gasteiger partial charge is 0.240 e. The van der Waals surface area contributed by atoms with Gasteiger partial charge < -0.3 is 4.74 Å². The fourth-order valence-corrected chi connectivity index (χ4v) is 3.82. The zero-order chi connectivity index (χ0) is 17.6. The van der Waals surface area contributed by atoms with Crippen LogP contribution in [-0.4, -0.2) is 43.2 Å². The molecule has 1 heterocycles. The van der Waals surface area contributed by atoms with Crippen LogP contribution in [0.1, 0.15) is 90.9 Å². The molecule has 0 aromatic heterocycles. The van der Waals surface area contributed by atoms with Crippen LogP contribution >= 0.6 is 0 Å². The lowest BCUT2D eigenvalue weighted by molar-refractivity contribution is -0.0530. The molecule has 1 unspecified atom stereocenters. The minimum Gasteiger partial charge on any atom is -0.378 e. The van der Waals surface area contributed by atoms with Crippen molar-refractivity contribution in [3.63, 3.8) is 0 Å². The van der Waals surface area contributed by atoms with E-state index in [9.17, 15) is 8.78 Å². The summed E-state index contributed by atoms with van der Waals surface area (Å²) >= 11 is 0. The molecule has 0 aromatic rings. The molecular weight excluding hydrogens is 308 g/mol. The predicted octanol–water partition coefficient (Wildman–Crippen LogP) is 6.04. The van der Waals surface area contributed by atoms with Gasteiger partial charge in [0.2, 0.25) is 6.43 Å². The second-order valence-corrected chi connectivity index (χ2v) is 7.30. The van der Waals surface area contributed by atoms with Gasteiger partial charge in [-0.1, -0.05) is 71.6 Å². The summed E-state index contributed by atoms with van der Waals surface area (Å²) in [5.41, 5.74) is 0. The van der Waals surface area contributed by atoms with Crippen molar-refractivity contribution in [3.8, 4) is 0 Å². The number of hydrogen-bond acceptors (Lipinski definition) is 2. The average Bonchev–Trinajstić information content (AvgIpc) is 2.57. The lowest BCUT2D eigenvalue weighted by Gasteiger charge is -2.41. The van der Waals surface area contributed by atoms with Gasteiger partial charge in [-0.25, -0.2) is 8.78 Å². The van der Waals surface area contributed by atoms with Crippen molar-refractivity contribution in [2.75, 3.05) is 19.8 Å². The van der Waals surface area contributed by atoms with Gasteiger partial charge in [-0.05, 0) is 12.8 Å². The minimum absolute atomic E-state index is 0.0404. The van der Waals surface area contributed by atoms with E-state index in [-0.39, 0.29) is 12.5 Å². The Kier molecular flexibility index (Phi) is 12.7. The van der Waals surface area contributed by atoms with Crippen molar-refractivity contribution in [3.05, 3.63) is 0 Å². The van der Waals surface area contributed by atoms with Gasteiger partial charge in [-0.3, -0.25) is 4.90 Å². The van der Waals surface area contributed by atoms with Crippen molar-refractivity contribution in [1.82, 2.24) is 4.90 Å². The fourth-order valence-electron chi connectivity index (χ4n) is 3.82. The highest BCUT2D eigenvalue weighted by Gasteiger charge is 2.30. The third-order valence-electron chi connectivity index (χ3n) is 5.22. The molecular formula is C20H39F2NO. The van der Waals surface area contributed by atoms with E-state index < -0.39 is 6.43 Å². The van der Waals surface area contributed by atoms with Crippen LogP contribution < -0.4 is 0 Å². The van der Waals surface area contributed by atoms with Crippen molar-refractivity contribution >= 4 is 0 Å². The number of hydrogen-bond donors (Lipinski definition) is 0. The highest BCUT2D eigenvalue weighted by atomic mass is 19.3. The first-order valence-corrected chi connectivity index (χ1v) is 10.3. The van der Waals surface area contributed by atoms with Crippen molar-refractivity contribution in [2.24, 2.45) is 0 Å². The summed E-state index contributed by atoms with van der Waals surface area (Å²) in [5, 5.41) is 0. The second-order valence-electron chi connectivity index (χ2n) is 7.30. The summed E-state index contributed by atoms with van der Waals surface area (Å²) in [5.74, 6) is 0. The van der Waals surface area contributed by atoms with Crippen molar-refractivity contribution < 1.29 is 13.5 Å². The van der Waals surface area contributed by atoms with E-state index in [1.165, 1.54) is 57.8 Å². The molecule has 1 aliphatic heterocycles. The number of ether oxygens (including phenoxy) is 1. The molecule has 0 bridgehead atoms. The Balaban J connectivity index is 2.51. The summed E-state index contributed by atoms with van der Waals surface area (Å²) < 4.78 is 31.3. The molecule has 1 saturated heterocycles. The molecule has 144 valence electrons. The summed E-state index contributed by atoms with van der Waals surface area (Å²) in [6.45, 7) is 6.46. The second kappa shape index (κ2) is 14.0. The largest absolute Gasteiger partial charge is 0.378 e. The fraction of sp³-hybridized carbons (Fsp3) is 1.00. The van der Waals surface area contributed by atoms with Crippen LogP contribution in [0.3, 0.4) is 0 Å². The Morgan fingerprint density at radius 1 is 0.917 bits per heavy atom. The maximum Gasteiger partial charge on any atom is 0.240 e. The maximum absolute atomic E-state index is 12.9. The van der Waals surface area contributed by atoms with Gasteiger partial charge in [0.1, 0.15) is 0 Å². The van der Waals surface area contributed by atoms with Crippen LogP contribution in [0.4, 0.5) is 8.78 Å². The zero-order valence-corrected chi connectivity index (χ0v) is 16.0. The molecule has 1 aliphatic rings. The number of nitrogens with zero attached hydrogens (tertiary/aromatic N) is 1. The topological polar surface area (TPSA) is 12.5 Å². The molecule has 1 fully saturated rings. The van der Waals surface area contributed by atoms with Gasteiger partial charge in [-0.15, -0.1) is 0 Å². The number of halogens is 2. The molecule has 0 aliphatic carbocycles. The maximum atomic E-state index is 12.9. The average molecular weight is 348 g/mol. The third kappa shape index (κ3) is 9.31. The van der Waals surface area contributed by atoms with Crippen LogP contribution in [0, 0.1) is 0 Å². The summed E-state index contributed by atoms with van der Waals surface area (Å²) in [6, 6.07) is 0.377. The summed E-state index contributed by atoms with van der Waals surface area (Å²) in [4.78, 5) is 2.36. The van der Waals surface area contributed by atoms with Gasteiger partial charge in [-0.2, -0.15) is 0 Å². The van der Waals surface area contributed by atoms with Gasteiger partial charge in [0.05, 0.1) is 13.2 Å². The standard InChI is InChI=1S/C20H39F2NO/c1-3-5-7-9-11-13-18(12-10-8-6-4-2)23-14-15-24-17-19(23)16-20(21)22/h18-20H,3-17H2,1-2H3/t18?,19-/m1/s1. The van der Waals surface area contributed by atoms with E-state index in [1.807, 2.05) is 0 Å². The molecule has 0 N–H and O–H groups in total. The van der Waals surface area contributed by atoms with Crippen LogP contribution in [-0.2, 0) is 4.74 Å². The Hall–Kier alpha value is -0.220. The van der Waals surface area contributed by atoms with Crippen LogP contribution in [0.2, 0.25) is 0 Å². The molecule has 24 heavy (non-hydrogen) atoms. The molecule has 0 saturated carbocycles. The van der Waals surface area contributed by atoms with Gasteiger partial charge in [0.25, 0.3) is 0 Å². The molecule has 1 rings (SSSR count). The van der Waals surface area contributed by atoms with E-state index in [2.05, 4.69) is 18.7 Å². The number of alkyl halides is 2. The summed E-state index contributed by atoms with van der Waals surface area (Å²) in [7, 11) is 0. The number of unbranched alkanes of at least 4 members (excludes halogenated alkanes) is 7. The number of rotatable bonds is 14. The lowest BCUT2D eigenvalue weighted by atomic mass is 9.97. The van der Waals surface area contributed by atoms with E-state index in [0.29, 0.717) is 19.3 Å². The van der Waals surface area contributed by atoms with Crippen molar-refractivity contribution in [2.45, 2.75) is 109 Å². The van der Waals surface area contributed by atoms with Crippen LogP contribution in [0.15, 0.2) is 0 Å². The minimum atomic E-state index is -2.23. The van der Waals surface area contributed by atoms with Gasteiger partial charge in [0.15, 0.2) is 0 Å². The van der Waals surface area contributed by atoms with E-state index in [0.717, 1.165) is 19.4 Å². The van der Waals surface area contributed by atoms with E-state index in [1.54, 1.807) is 0 Å². The van der Waals surface area contributed by atoms with Crippen LogP contribution in [0.5, 0.6) is 0 Å². The van der Waals surface area contributed by atoms with E-state index >= 15 is 0 Å². The highest BCUT2D eigenvalue weighted by Crippen LogP contribution is 2.24. The van der Waals surface area contributed by atoms with Gasteiger partial charge >= 0.3 is 0 Å². The van der Waals surface area contributed by atoms with E-state index in [4.69, 9.17) is 4.74 Å². The Bertz CT molecular complexity index is 289. The Morgan fingerprint density at radius 3 is 2.08 bits per heavy atom. The predicted molar refractivity (Wildman–Crippen MR) is 97.9 cm³/mol. The van der Waals surface area contributed by atoms with Crippen molar-refractivity contribution in [1.29, 1.82) is 0 Å². The molecule has 4 heteroatoms. The lowest BCUT2D eigenvalue weighted by Crippen LogP contribution is -2.51. The molecule has 2 atom stereocenters. The third-order valence-corrected chi connectivity index (χ3v) is 5.22. The summed E-state index contributed by atoms with van der Waals surface area (Å²) in [6.07, 6.45) is 11.5. The Morgan fingerprint density at radius 2 is 1.50 bits per heavy atom. The first-order chi connectivity index (χ1) is 11.7. The monoisotopic (exact) mass is 347 g/mol. The molecule has 0 amide bonds. The van der Waals surface area contributed by atoms with Gasteiger partial charge in [0, 0.05) is 25.0 Å². The molecule has 0 aromatic carbocycles. The Labute approximate surface area is 148 Å². The SMILES string of the molecule is CCCCCCCC(CCCCCC)N1CCOC[C@H]1CC(F)F.